The van der Waals surface area contributed by atoms with E-state index in [1.807, 2.05) is 31.2 Å². The first-order chi connectivity index (χ1) is 13.5. The molecule has 7 heteroatoms. The first-order valence-corrected chi connectivity index (χ1v) is 9.46. The van der Waals surface area contributed by atoms with Crippen molar-refractivity contribution in [2.75, 3.05) is 23.4 Å². The molecule has 0 radical (unpaired) electrons. The number of para-hydroxylation sites is 1. The fraction of sp³-hybridized carbons (Fsp3) is 0.286. The molecule has 28 heavy (non-hydrogen) atoms. The van der Waals surface area contributed by atoms with Gasteiger partial charge in [0.25, 0.3) is 5.91 Å². The molecular formula is C21H21ClN2O4. The summed E-state index contributed by atoms with van der Waals surface area (Å²) < 4.78 is 5.12. The number of amides is 2. The Balaban J connectivity index is 1.54. The van der Waals surface area contributed by atoms with Gasteiger partial charge < -0.3 is 15.0 Å². The number of rotatable bonds is 6. The third-order valence-electron chi connectivity index (χ3n) is 4.60. The van der Waals surface area contributed by atoms with Gasteiger partial charge in [0.2, 0.25) is 5.91 Å². The average molecular weight is 401 g/mol. The molecule has 0 unspecified atom stereocenters. The maximum absolute atomic E-state index is 12.4. The van der Waals surface area contributed by atoms with E-state index in [0.29, 0.717) is 10.7 Å². The maximum Gasteiger partial charge on any atom is 0.311 e. The molecule has 0 bridgehead atoms. The van der Waals surface area contributed by atoms with Crippen LogP contribution in [-0.2, 0) is 25.5 Å². The molecule has 0 spiro atoms. The smallest absolute Gasteiger partial charge is 0.311 e. The normalized spacial score (nSPS) is 16.1. The van der Waals surface area contributed by atoms with Crippen molar-refractivity contribution >= 4 is 40.8 Å². The van der Waals surface area contributed by atoms with Crippen LogP contribution in [0.3, 0.4) is 0 Å². The van der Waals surface area contributed by atoms with Crippen molar-refractivity contribution in [3.8, 4) is 0 Å². The van der Waals surface area contributed by atoms with Gasteiger partial charge in [-0.1, -0.05) is 36.7 Å². The van der Waals surface area contributed by atoms with Crippen LogP contribution in [0.5, 0.6) is 0 Å². The van der Waals surface area contributed by atoms with Crippen LogP contribution < -0.4 is 10.2 Å². The third kappa shape index (κ3) is 4.70. The van der Waals surface area contributed by atoms with Crippen LogP contribution in [0.15, 0.2) is 48.5 Å². The Morgan fingerprint density at radius 1 is 1.18 bits per heavy atom. The van der Waals surface area contributed by atoms with Gasteiger partial charge in [-0.15, -0.1) is 0 Å². The van der Waals surface area contributed by atoms with Gasteiger partial charge in [-0.3, -0.25) is 14.4 Å². The molecule has 0 aliphatic carbocycles. The predicted molar refractivity (Wildman–Crippen MR) is 107 cm³/mol. The lowest BCUT2D eigenvalue weighted by Gasteiger charge is -2.19. The lowest BCUT2D eigenvalue weighted by molar-refractivity contribution is -0.151. The van der Waals surface area contributed by atoms with Gasteiger partial charge in [0.15, 0.2) is 6.61 Å². The molecule has 1 fully saturated rings. The number of hydrogen-bond acceptors (Lipinski definition) is 4. The Hall–Kier alpha value is -2.86. The van der Waals surface area contributed by atoms with Crippen LogP contribution >= 0.6 is 11.6 Å². The highest BCUT2D eigenvalue weighted by Crippen LogP contribution is 2.29. The van der Waals surface area contributed by atoms with Gasteiger partial charge in [-0.25, -0.2) is 0 Å². The lowest BCUT2D eigenvalue weighted by Crippen LogP contribution is -2.28. The van der Waals surface area contributed by atoms with Crippen LogP contribution in [0.2, 0.25) is 5.02 Å². The van der Waals surface area contributed by atoms with Crippen molar-refractivity contribution in [2.24, 2.45) is 5.92 Å². The number of anilines is 2. The van der Waals surface area contributed by atoms with Crippen molar-refractivity contribution < 1.29 is 19.1 Å². The monoisotopic (exact) mass is 400 g/mol. The fourth-order valence-corrected chi connectivity index (χ4v) is 3.28. The molecule has 1 saturated heterocycles. The number of nitrogens with zero attached hydrogens (tertiary/aromatic N) is 1. The van der Waals surface area contributed by atoms with E-state index < -0.39 is 24.4 Å². The average Bonchev–Trinajstić information content (AvgIpc) is 3.09. The van der Waals surface area contributed by atoms with Gasteiger partial charge in [-0.2, -0.15) is 0 Å². The molecule has 0 saturated carbocycles. The third-order valence-corrected chi connectivity index (χ3v) is 4.85. The van der Waals surface area contributed by atoms with E-state index in [1.165, 1.54) is 0 Å². The summed E-state index contributed by atoms with van der Waals surface area (Å²) in [7, 11) is 0. The SMILES string of the molecule is CCc1ccccc1N1C[C@H](C(=O)OCC(=O)Nc2ccc(Cl)cc2)CC1=O. The number of halogens is 1. The summed E-state index contributed by atoms with van der Waals surface area (Å²) in [5.41, 5.74) is 2.43. The molecule has 1 atom stereocenters. The lowest BCUT2D eigenvalue weighted by atomic mass is 10.1. The Bertz CT molecular complexity index is 882. The maximum atomic E-state index is 12.4. The highest BCUT2D eigenvalue weighted by Gasteiger charge is 2.36. The fourth-order valence-electron chi connectivity index (χ4n) is 3.16. The van der Waals surface area contributed by atoms with Gasteiger partial charge in [0.05, 0.1) is 5.92 Å². The van der Waals surface area contributed by atoms with E-state index in [0.717, 1.165) is 17.7 Å². The molecule has 1 heterocycles. The minimum absolute atomic E-state index is 0.0791. The van der Waals surface area contributed by atoms with E-state index in [2.05, 4.69) is 5.32 Å². The number of aryl methyl sites for hydroxylation is 1. The summed E-state index contributed by atoms with van der Waals surface area (Å²) in [6, 6.07) is 14.2. The second kappa shape index (κ2) is 8.89. The largest absolute Gasteiger partial charge is 0.455 e. The molecule has 6 nitrogen and oxygen atoms in total. The Kier molecular flexibility index (Phi) is 6.31. The first-order valence-electron chi connectivity index (χ1n) is 9.08. The Morgan fingerprint density at radius 2 is 1.89 bits per heavy atom. The van der Waals surface area contributed by atoms with Crippen molar-refractivity contribution in [2.45, 2.75) is 19.8 Å². The van der Waals surface area contributed by atoms with E-state index in [1.54, 1.807) is 29.2 Å². The van der Waals surface area contributed by atoms with Crippen molar-refractivity contribution in [3.05, 3.63) is 59.1 Å². The number of carbonyl (C=O) groups is 3. The number of esters is 1. The molecule has 146 valence electrons. The Morgan fingerprint density at radius 3 is 2.61 bits per heavy atom. The molecule has 0 aromatic heterocycles. The molecule has 3 rings (SSSR count). The van der Waals surface area contributed by atoms with Gasteiger partial charge in [0.1, 0.15) is 0 Å². The number of ether oxygens (including phenoxy) is 1. The molecule has 2 amide bonds. The van der Waals surface area contributed by atoms with Crippen molar-refractivity contribution in [1.29, 1.82) is 0 Å². The highest BCUT2D eigenvalue weighted by atomic mass is 35.5. The first kappa shape index (κ1) is 19.9. The minimum Gasteiger partial charge on any atom is -0.455 e. The summed E-state index contributed by atoms with van der Waals surface area (Å²) >= 11 is 5.80. The molecule has 2 aromatic rings. The van der Waals surface area contributed by atoms with Crippen LogP contribution in [0.1, 0.15) is 18.9 Å². The van der Waals surface area contributed by atoms with E-state index in [9.17, 15) is 14.4 Å². The number of nitrogens with one attached hydrogen (secondary N) is 1. The number of carbonyl (C=O) groups excluding carboxylic acids is 3. The Labute approximate surface area is 168 Å². The van der Waals surface area contributed by atoms with Crippen molar-refractivity contribution in [1.82, 2.24) is 0 Å². The minimum atomic E-state index is -0.583. The quantitative estimate of drug-likeness (QED) is 0.753. The van der Waals surface area contributed by atoms with Gasteiger partial charge in [-0.05, 0) is 42.3 Å². The highest BCUT2D eigenvalue weighted by molar-refractivity contribution is 6.30. The van der Waals surface area contributed by atoms with Crippen molar-refractivity contribution in [3.63, 3.8) is 0 Å². The molecule has 2 aromatic carbocycles. The van der Waals surface area contributed by atoms with Crippen LogP contribution in [0.25, 0.3) is 0 Å². The van der Waals surface area contributed by atoms with Crippen LogP contribution in [-0.4, -0.2) is 30.9 Å². The van der Waals surface area contributed by atoms with Gasteiger partial charge in [0, 0.05) is 29.4 Å². The summed E-state index contributed by atoms with van der Waals surface area (Å²) in [6.07, 6.45) is 0.871. The number of hydrogen-bond donors (Lipinski definition) is 1. The second-order valence-electron chi connectivity index (χ2n) is 6.55. The zero-order chi connectivity index (χ0) is 20.1. The summed E-state index contributed by atoms with van der Waals surface area (Å²) in [4.78, 5) is 38.3. The predicted octanol–water partition coefficient (Wildman–Crippen LogP) is 3.44. The summed E-state index contributed by atoms with van der Waals surface area (Å²) in [6.45, 7) is 1.87. The van der Waals surface area contributed by atoms with Crippen LogP contribution in [0.4, 0.5) is 11.4 Å². The topological polar surface area (TPSA) is 75.7 Å². The van der Waals surface area contributed by atoms with Crippen LogP contribution in [0, 0.1) is 5.92 Å². The summed E-state index contributed by atoms with van der Waals surface area (Å²) in [5, 5.41) is 3.18. The molecule has 1 N–H and O–H groups in total. The molecule has 1 aliphatic rings. The number of benzene rings is 2. The zero-order valence-electron chi connectivity index (χ0n) is 15.5. The second-order valence-corrected chi connectivity index (χ2v) is 6.99. The van der Waals surface area contributed by atoms with E-state index in [4.69, 9.17) is 16.3 Å². The summed E-state index contributed by atoms with van der Waals surface area (Å²) in [5.74, 6) is -1.70. The van der Waals surface area contributed by atoms with E-state index >= 15 is 0 Å². The van der Waals surface area contributed by atoms with Gasteiger partial charge >= 0.3 is 5.97 Å². The molecular weight excluding hydrogens is 380 g/mol. The zero-order valence-corrected chi connectivity index (χ0v) is 16.2. The molecule has 1 aliphatic heterocycles. The standard InChI is InChI=1S/C21H21ClN2O4/c1-2-14-5-3-4-6-18(14)24-12-15(11-20(24)26)21(27)28-13-19(25)23-17-9-7-16(22)8-10-17/h3-10,15H,2,11-13H2,1H3,(H,23,25)/t15-/m1/s1. The van der Waals surface area contributed by atoms with E-state index in [-0.39, 0.29) is 18.9 Å².